The van der Waals surface area contributed by atoms with E-state index in [1.54, 1.807) is 14.2 Å². The van der Waals surface area contributed by atoms with Gasteiger partial charge in [0.15, 0.2) is 5.96 Å². The Labute approximate surface area is 119 Å². The van der Waals surface area contributed by atoms with E-state index >= 15 is 0 Å². The topological polar surface area (TPSA) is 45.7 Å². The van der Waals surface area contributed by atoms with Gasteiger partial charge in [-0.25, -0.2) is 0 Å². The Morgan fingerprint density at radius 3 is 2.21 bits per heavy atom. The third-order valence-corrected chi connectivity index (χ3v) is 3.17. The normalized spacial score (nSPS) is 15.3. The van der Waals surface area contributed by atoms with E-state index in [2.05, 4.69) is 57.2 Å². The van der Waals surface area contributed by atoms with Gasteiger partial charge >= 0.3 is 0 Å². The van der Waals surface area contributed by atoms with Gasteiger partial charge in [0.2, 0.25) is 0 Å². The van der Waals surface area contributed by atoms with Gasteiger partial charge in [-0.15, -0.1) is 0 Å². The first-order chi connectivity index (χ1) is 8.59. The molecular weight excluding hydrogens is 238 g/mol. The minimum Gasteiger partial charge on any atom is -0.377 e. The van der Waals surface area contributed by atoms with Crippen LogP contribution < -0.4 is 10.6 Å². The Kier molecular flexibility index (Phi) is 7.42. The summed E-state index contributed by atoms with van der Waals surface area (Å²) in [4.78, 5) is 4.25. The second kappa shape index (κ2) is 7.73. The monoisotopic (exact) mass is 271 g/mol. The van der Waals surface area contributed by atoms with Crippen LogP contribution in [-0.4, -0.2) is 38.3 Å². The molecule has 19 heavy (non-hydrogen) atoms. The van der Waals surface area contributed by atoms with Crippen LogP contribution in [-0.2, 0) is 4.74 Å². The molecule has 0 aliphatic rings. The molecule has 0 aliphatic heterocycles. The number of hydrogen-bond donors (Lipinski definition) is 2. The van der Waals surface area contributed by atoms with Crippen molar-refractivity contribution in [2.24, 2.45) is 10.4 Å². The van der Waals surface area contributed by atoms with Gasteiger partial charge in [-0.3, -0.25) is 4.99 Å². The third kappa shape index (κ3) is 9.77. The summed E-state index contributed by atoms with van der Waals surface area (Å²) in [7, 11) is 3.52. The van der Waals surface area contributed by atoms with Crippen LogP contribution in [0, 0.1) is 5.41 Å². The molecule has 1 atom stereocenters. The van der Waals surface area contributed by atoms with Crippen molar-refractivity contribution in [2.45, 2.75) is 66.0 Å². The van der Waals surface area contributed by atoms with Crippen LogP contribution in [0.5, 0.6) is 0 Å². The molecule has 4 nitrogen and oxygen atoms in total. The van der Waals surface area contributed by atoms with E-state index < -0.39 is 0 Å². The van der Waals surface area contributed by atoms with Crippen LogP contribution in [0.25, 0.3) is 0 Å². The lowest BCUT2D eigenvalue weighted by atomic mass is 9.89. The second-order valence-corrected chi connectivity index (χ2v) is 7.03. The van der Waals surface area contributed by atoms with E-state index in [4.69, 9.17) is 4.74 Å². The fourth-order valence-electron chi connectivity index (χ4n) is 1.52. The van der Waals surface area contributed by atoms with Gasteiger partial charge in [0.05, 0.1) is 5.60 Å². The SMILES string of the molecule is CN=C(NCC(C)(C)OC)NC(C)CCC(C)(C)C. The average molecular weight is 271 g/mol. The molecule has 0 amide bonds. The zero-order valence-electron chi connectivity index (χ0n) is 14.1. The minimum absolute atomic E-state index is 0.188. The van der Waals surface area contributed by atoms with Crippen molar-refractivity contribution >= 4 is 5.96 Å². The van der Waals surface area contributed by atoms with E-state index in [0.29, 0.717) is 11.5 Å². The van der Waals surface area contributed by atoms with Crippen LogP contribution in [0.15, 0.2) is 4.99 Å². The lowest BCUT2D eigenvalue weighted by Crippen LogP contribution is -2.47. The molecule has 0 saturated heterocycles. The summed E-state index contributed by atoms with van der Waals surface area (Å²) in [6.45, 7) is 13.8. The van der Waals surface area contributed by atoms with Gasteiger partial charge in [-0.05, 0) is 39.0 Å². The van der Waals surface area contributed by atoms with Gasteiger partial charge in [0.1, 0.15) is 0 Å². The molecule has 0 radical (unpaired) electrons. The summed E-state index contributed by atoms with van der Waals surface area (Å²) >= 11 is 0. The molecule has 0 aliphatic carbocycles. The number of hydrogen-bond acceptors (Lipinski definition) is 2. The average Bonchev–Trinajstić information content (AvgIpc) is 2.31. The maximum Gasteiger partial charge on any atom is 0.191 e. The van der Waals surface area contributed by atoms with Crippen molar-refractivity contribution in [2.75, 3.05) is 20.7 Å². The second-order valence-electron chi connectivity index (χ2n) is 7.03. The van der Waals surface area contributed by atoms with Crippen LogP contribution in [0.2, 0.25) is 0 Å². The first kappa shape index (κ1) is 18.2. The lowest BCUT2D eigenvalue weighted by Gasteiger charge is -2.26. The highest BCUT2D eigenvalue weighted by atomic mass is 16.5. The Morgan fingerprint density at radius 1 is 1.21 bits per heavy atom. The molecule has 114 valence electrons. The van der Waals surface area contributed by atoms with Crippen molar-refractivity contribution in [3.8, 4) is 0 Å². The highest BCUT2D eigenvalue weighted by molar-refractivity contribution is 5.79. The predicted molar refractivity (Wildman–Crippen MR) is 83.7 cm³/mol. The first-order valence-electron chi connectivity index (χ1n) is 7.12. The number of nitrogens with zero attached hydrogens (tertiary/aromatic N) is 1. The third-order valence-electron chi connectivity index (χ3n) is 3.17. The van der Waals surface area contributed by atoms with E-state index in [1.807, 2.05) is 0 Å². The molecule has 2 N–H and O–H groups in total. The molecule has 0 rings (SSSR count). The largest absolute Gasteiger partial charge is 0.377 e. The van der Waals surface area contributed by atoms with Crippen molar-refractivity contribution < 1.29 is 4.74 Å². The van der Waals surface area contributed by atoms with Crippen molar-refractivity contribution in [3.05, 3.63) is 0 Å². The maximum absolute atomic E-state index is 5.38. The first-order valence-corrected chi connectivity index (χ1v) is 7.12. The zero-order valence-corrected chi connectivity index (χ0v) is 14.1. The van der Waals surface area contributed by atoms with Crippen LogP contribution in [0.3, 0.4) is 0 Å². The van der Waals surface area contributed by atoms with Crippen molar-refractivity contribution in [3.63, 3.8) is 0 Å². The Balaban J connectivity index is 4.13. The van der Waals surface area contributed by atoms with E-state index in [9.17, 15) is 0 Å². The summed E-state index contributed by atoms with van der Waals surface area (Å²) in [6, 6.07) is 0.413. The molecule has 4 heteroatoms. The number of guanidine groups is 1. The molecule has 0 spiro atoms. The fourth-order valence-corrected chi connectivity index (χ4v) is 1.52. The smallest absolute Gasteiger partial charge is 0.191 e. The van der Waals surface area contributed by atoms with Crippen LogP contribution in [0.1, 0.15) is 54.4 Å². The number of aliphatic imine (C=N–C) groups is 1. The molecule has 0 fully saturated rings. The summed E-state index contributed by atoms with van der Waals surface area (Å²) in [5, 5.41) is 6.72. The Hall–Kier alpha value is -0.770. The Morgan fingerprint density at radius 2 is 1.79 bits per heavy atom. The Bertz CT molecular complexity index is 280. The molecule has 0 aromatic heterocycles. The maximum atomic E-state index is 5.38. The summed E-state index contributed by atoms with van der Waals surface area (Å²) in [6.07, 6.45) is 2.33. The van der Waals surface area contributed by atoms with Crippen LogP contribution in [0.4, 0.5) is 0 Å². The van der Waals surface area contributed by atoms with Crippen LogP contribution >= 0.6 is 0 Å². The summed E-state index contributed by atoms with van der Waals surface area (Å²) in [5.41, 5.74) is 0.192. The number of methoxy groups -OCH3 is 1. The summed E-state index contributed by atoms with van der Waals surface area (Å²) in [5.74, 6) is 0.839. The molecule has 1 unspecified atom stereocenters. The van der Waals surface area contributed by atoms with E-state index in [1.165, 1.54) is 6.42 Å². The number of ether oxygens (including phenoxy) is 1. The predicted octanol–water partition coefficient (Wildman–Crippen LogP) is 2.79. The van der Waals surface area contributed by atoms with Gasteiger partial charge < -0.3 is 15.4 Å². The summed E-state index contributed by atoms with van der Waals surface area (Å²) < 4.78 is 5.38. The molecule has 0 saturated carbocycles. The van der Waals surface area contributed by atoms with E-state index in [0.717, 1.165) is 18.9 Å². The molecule has 0 aromatic rings. The van der Waals surface area contributed by atoms with Gasteiger partial charge in [0, 0.05) is 26.7 Å². The molecular formula is C15H33N3O. The van der Waals surface area contributed by atoms with Gasteiger partial charge in [-0.1, -0.05) is 20.8 Å². The minimum atomic E-state index is -0.188. The highest BCUT2D eigenvalue weighted by Crippen LogP contribution is 2.21. The highest BCUT2D eigenvalue weighted by Gasteiger charge is 2.17. The molecule has 0 heterocycles. The lowest BCUT2D eigenvalue weighted by molar-refractivity contribution is 0.0268. The zero-order chi connectivity index (χ0) is 15.1. The van der Waals surface area contributed by atoms with Crippen molar-refractivity contribution in [1.29, 1.82) is 0 Å². The van der Waals surface area contributed by atoms with Gasteiger partial charge in [-0.2, -0.15) is 0 Å². The standard InChI is InChI=1S/C15H33N3O/c1-12(9-10-14(2,3)4)18-13(16-7)17-11-15(5,6)19-8/h12H,9-11H2,1-8H3,(H2,16,17,18). The fraction of sp³-hybridized carbons (Fsp3) is 0.933. The quantitative estimate of drug-likeness (QED) is 0.577. The van der Waals surface area contributed by atoms with E-state index in [-0.39, 0.29) is 5.60 Å². The van der Waals surface area contributed by atoms with Gasteiger partial charge in [0.25, 0.3) is 0 Å². The van der Waals surface area contributed by atoms with Crippen molar-refractivity contribution in [1.82, 2.24) is 10.6 Å². The molecule has 0 aromatic carbocycles. The number of nitrogens with one attached hydrogen (secondary N) is 2. The molecule has 0 bridgehead atoms. The number of rotatable bonds is 6.